The van der Waals surface area contributed by atoms with Crippen LogP contribution in [0, 0.1) is 0 Å². The van der Waals surface area contributed by atoms with Gasteiger partial charge in [0.2, 0.25) is 0 Å². The van der Waals surface area contributed by atoms with Crippen LogP contribution in [-0.4, -0.2) is 11.1 Å². The minimum absolute atomic E-state index is 0.450. The third-order valence-corrected chi connectivity index (χ3v) is 4.10. The molecular formula is C17H17BrO2. The van der Waals surface area contributed by atoms with Gasteiger partial charge >= 0.3 is 5.97 Å². The SMILES string of the molecule is O=C(O)C(CCCc1ccccc1)c1ccccc1Br. The van der Waals surface area contributed by atoms with Crippen molar-refractivity contribution in [2.45, 2.75) is 25.2 Å². The Morgan fingerprint density at radius 2 is 1.70 bits per heavy atom. The van der Waals surface area contributed by atoms with Gasteiger partial charge in [-0.2, -0.15) is 0 Å². The average Bonchev–Trinajstić information content (AvgIpc) is 2.45. The third-order valence-electron chi connectivity index (χ3n) is 3.38. The van der Waals surface area contributed by atoms with Gasteiger partial charge in [0, 0.05) is 4.47 Å². The first kappa shape index (κ1) is 14.8. The molecule has 2 aromatic carbocycles. The maximum atomic E-state index is 11.5. The van der Waals surface area contributed by atoms with Crippen LogP contribution >= 0.6 is 15.9 Å². The molecule has 1 N–H and O–H groups in total. The summed E-state index contributed by atoms with van der Waals surface area (Å²) in [7, 11) is 0. The molecule has 2 rings (SSSR count). The summed E-state index contributed by atoms with van der Waals surface area (Å²) in [5, 5.41) is 9.43. The van der Waals surface area contributed by atoms with Gasteiger partial charge in [0.25, 0.3) is 0 Å². The second-order valence-electron chi connectivity index (χ2n) is 4.79. The second-order valence-corrected chi connectivity index (χ2v) is 5.64. The molecule has 0 fully saturated rings. The molecule has 0 spiro atoms. The van der Waals surface area contributed by atoms with Crippen LogP contribution in [0.4, 0.5) is 0 Å². The van der Waals surface area contributed by atoms with Gasteiger partial charge in [-0.15, -0.1) is 0 Å². The van der Waals surface area contributed by atoms with Crippen molar-refractivity contribution < 1.29 is 9.90 Å². The van der Waals surface area contributed by atoms with E-state index in [2.05, 4.69) is 28.1 Å². The highest BCUT2D eigenvalue weighted by atomic mass is 79.9. The van der Waals surface area contributed by atoms with E-state index in [1.807, 2.05) is 42.5 Å². The summed E-state index contributed by atoms with van der Waals surface area (Å²) in [6, 6.07) is 17.7. The molecule has 0 aromatic heterocycles. The van der Waals surface area contributed by atoms with E-state index in [9.17, 15) is 9.90 Å². The van der Waals surface area contributed by atoms with Crippen molar-refractivity contribution in [3.05, 3.63) is 70.2 Å². The van der Waals surface area contributed by atoms with Crippen LogP contribution in [0.15, 0.2) is 59.1 Å². The number of benzene rings is 2. The first-order valence-corrected chi connectivity index (χ1v) is 7.49. The highest BCUT2D eigenvalue weighted by Gasteiger charge is 2.21. The fraction of sp³-hybridized carbons (Fsp3) is 0.235. The van der Waals surface area contributed by atoms with Gasteiger partial charge in [-0.3, -0.25) is 4.79 Å². The lowest BCUT2D eigenvalue weighted by molar-refractivity contribution is -0.139. The Kier molecular flexibility index (Phi) is 5.36. The molecule has 0 heterocycles. The second kappa shape index (κ2) is 7.25. The van der Waals surface area contributed by atoms with E-state index in [4.69, 9.17) is 0 Å². The Labute approximate surface area is 127 Å². The first-order chi connectivity index (χ1) is 9.68. The largest absolute Gasteiger partial charge is 0.481 e. The molecule has 104 valence electrons. The van der Waals surface area contributed by atoms with Crippen LogP contribution in [0.3, 0.4) is 0 Å². The summed E-state index contributed by atoms with van der Waals surface area (Å²) in [5.41, 5.74) is 2.11. The van der Waals surface area contributed by atoms with Gasteiger partial charge in [-0.25, -0.2) is 0 Å². The lowest BCUT2D eigenvalue weighted by Gasteiger charge is -2.14. The predicted molar refractivity (Wildman–Crippen MR) is 83.9 cm³/mol. The number of aryl methyl sites for hydroxylation is 1. The molecule has 2 nitrogen and oxygen atoms in total. The van der Waals surface area contributed by atoms with Crippen molar-refractivity contribution in [3.8, 4) is 0 Å². The molecule has 1 unspecified atom stereocenters. The van der Waals surface area contributed by atoms with Crippen LogP contribution in [-0.2, 0) is 11.2 Å². The number of hydrogen-bond donors (Lipinski definition) is 1. The van der Waals surface area contributed by atoms with Crippen molar-refractivity contribution in [1.29, 1.82) is 0 Å². The van der Waals surface area contributed by atoms with E-state index in [1.54, 1.807) is 0 Å². The monoisotopic (exact) mass is 332 g/mol. The number of carbonyl (C=O) groups is 1. The van der Waals surface area contributed by atoms with E-state index >= 15 is 0 Å². The van der Waals surface area contributed by atoms with E-state index in [0.29, 0.717) is 6.42 Å². The molecule has 0 saturated heterocycles. The Hall–Kier alpha value is -1.61. The normalized spacial score (nSPS) is 12.1. The summed E-state index contributed by atoms with van der Waals surface area (Å²) in [5.74, 6) is -1.21. The van der Waals surface area contributed by atoms with E-state index in [0.717, 1.165) is 22.9 Å². The Bertz CT molecular complexity index is 566. The van der Waals surface area contributed by atoms with Crippen LogP contribution < -0.4 is 0 Å². The van der Waals surface area contributed by atoms with Gasteiger partial charge in [-0.05, 0) is 36.5 Å². The molecule has 3 heteroatoms. The summed E-state index contributed by atoms with van der Waals surface area (Å²) in [6.07, 6.45) is 2.42. The average molecular weight is 333 g/mol. The third kappa shape index (κ3) is 3.94. The predicted octanol–water partition coefficient (Wildman–Crippen LogP) is 4.64. The molecule has 0 aliphatic heterocycles. The van der Waals surface area contributed by atoms with Crippen LogP contribution in [0.5, 0.6) is 0 Å². The highest BCUT2D eigenvalue weighted by Crippen LogP contribution is 2.29. The van der Waals surface area contributed by atoms with Gasteiger partial charge in [0.1, 0.15) is 0 Å². The van der Waals surface area contributed by atoms with Crippen LogP contribution in [0.2, 0.25) is 0 Å². The lowest BCUT2D eigenvalue weighted by atomic mass is 9.92. The minimum atomic E-state index is -0.759. The van der Waals surface area contributed by atoms with Gasteiger partial charge < -0.3 is 5.11 Å². The fourth-order valence-corrected chi connectivity index (χ4v) is 2.89. The number of halogens is 1. The number of aliphatic carboxylic acids is 1. The standard InChI is InChI=1S/C17H17BrO2/c18-16-12-5-4-10-14(16)15(17(19)20)11-6-9-13-7-2-1-3-8-13/h1-5,7-8,10,12,15H,6,9,11H2,(H,19,20). The zero-order chi connectivity index (χ0) is 14.4. The summed E-state index contributed by atoms with van der Waals surface area (Å²) >= 11 is 3.44. The van der Waals surface area contributed by atoms with Crippen molar-refractivity contribution in [2.24, 2.45) is 0 Å². The molecule has 0 saturated carbocycles. The fourth-order valence-electron chi connectivity index (χ4n) is 2.32. The van der Waals surface area contributed by atoms with Gasteiger partial charge in [0.15, 0.2) is 0 Å². The number of rotatable bonds is 6. The van der Waals surface area contributed by atoms with Gasteiger partial charge in [0.05, 0.1) is 5.92 Å². The smallest absolute Gasteiger partial charge is 0.311 e. The molecular weight excluding hydrogens is 316 g/mol. The Morgan fingerprint density at radius 1 is 1.05 bits per heavy atom. The van der Waals surface area contributed by atoms with E-state index in [-0.39, 0.29) is 0 Å². The zero-order valence-electron chi connectivity index (χ0n) is 11.1. The molecule has 0 aliphatic carbocycles. The topological polar surface area (TPSA) is 37.3 Å². The molecule has 20 heavy (non-hydrogen) atoms. The summed E-state index contributed by atoms with van der Waals surface area (Å²) < 4.78 is 0.868. The summed E-state index contributed by atoms with van der Waals surface area (Å²) in [6.45, 7) is 0. The molecule has 1 atom stereocenters. The minimum Gasteiger partial charge on any atom is -0.481 e. The highest BCUT2D eigenvalue weighted by molar-refractivity contribution is 9.10. The van der Waals surface area contributed by atoms with E-state index < -0.39 is 11.9 Å². The quantitative estimate of drug-likeness (QED) is 0.836. The van der Waals surface area contributed by atoms with E-state index in [1.165, 1.54) is 5.56 Å². The summed E-state index contributed by atoms with van der Waals surface area (Å²) in [4.78, 5) is 11.5. The maximum absolute atomic E-state index is 11.5. The zero-order valence-corrected chi connectivity index (χ0v) is 12.7. The number of carboxylic acid groups (broad SMARTS) is 1. The van der Waals surface area contributed by atoms with Gasteiger partial charge in [-0.1, -0.05) is 64.5 Å². The Morgan fingerprint density at radius 3 is 2.35 bits per heavy atom. The molecule has 0 amide bonds. The van der Waals surface area contributed by atoms with Crippen LogP contribution in [0.1, 0.15) is 29.9 Å². The number of carboxylic acids is 1. The Balaban J connectivity index is 2.01. The van der Waals surface area contributed by atoms with Crippen molar-refractivity contribution in [3.63, 3.8) is 0 Å². The molecule has 0 bridgehead atoms. The molecule has 2 aromatic rings. The lowest BCUT2D eigenvalue weighted by Crippen LogP contribution is -2.12. The van der Waals surface area contributed by atoms with Crippen molar-refractivity contribution >= 4 is 21.9 Å². The van der Waals surface area contributed by atoms with Crippen molar-refractivity contribution in [1.82, 2.24) is 0 Å². The first-order valence-electron chi connectivity index (χ1n) is 6.69. The molecule has 0 radical (unpaired) electrons. The maximum Gasteiger partial charge on any atom is 0.311 e. The van der Waals surface area contributed by atoms with Crippen LogP contribution in [0.25, 0.3) is 0 Å². The molecule has 0 aliphatic rings. The van der Waals surface area contributed by atoms with Crippen molar-refractivity contribution in [2.75, 3.05) is 0 Å². The number of hydrogen-bond acceptors (Lipinski definition) is 1.